The number of aromatic nitrogens is 2. The summed E-state index contributed by atoms with van der Waals surface area (Å²) < 4.78 is 0. The van der Waals surface area contributed by atoms with E-state index in [0.29, 0.717) is 23.4 Å². The van der Waals surface area contributed by atoms with Crippen LogP contribution in [0.25, 0.3) is 0 Å². The van der Waals surface area contributed by atoms with E-state index in [-0.39, 0.29) is 45.2 Å². The Labute approximate surface area is 220 Å². The van der Waals surface area contributed by atoms with E-state index in [1.807, 2.05) is 50.2 Å². The van der Waals surface area contributed by atoms with E-state index in [0.717, 1.165) is 11.4 Å². The molecule has 0 aliphatic heterocycles. The Bertz CT molecular complexity index is 726. The molecule has 0 saturated carbocycles. The van der Waals surface area contributed by atoms with Gasteiger partial charge in [0.05, 0.1) is 23.8 Å². The fourth-order valence-corrected chi connectivity index (χ4v) is 1.93. The molecule has 0 aliphatic rings. The summed E-state index contributed by atoms with van der Waals surface area (Å²) in [7, 11) is 0. The monoisotopic (exact) mass is 592 g/mol. The second-order valence-electron chi connectivity index (χ2n) is 4.81. The Kier molecular flexibility index (Phi) is 25.1. The van der Waals surface area contributed by atoms with E-state index in [1.165, 1.54) is 0 Å². The Hall–Kier alpha value is -1.74. The number of hydrazone groups is 2. The van der Waals surface area contributed by atoms with Crippen LogP contribution in [0.4, 0.5) is 0 Å². The SMILES string of the molecule is CCN=C([S-])N/N=C/c1ccccn1.CCN=C([S-])N/N=C/c1ccccn1.Cl.Cl.[Pd+2]. The van der Waals surface area contributed by atoms with Crippen LogP contribution in [0.5, 0.6) is 0 Å². The molecule has 0 bridgehead atoms. The molecule has 0 radical (unpaired) electrons. The fraction of sp³-hybridized carbons (Fsp3) is 0.222. The average molecular weight is 594 g/mol. The van der Waals surface area contributed by atoms with Gasteiger partial charge in [0.1, 0.15) is 0 Å². The number of hydrogen-bond donors (Lipinski definition) is 2. The quantitative estimate of drug-likeness (QED) is 0.176. The molecule has 0 spiro atoms. The largest absolute Gasteiger partial charge is 2.00 e. The van der Waals surface area contributed by atoms with Gasteiger partial charge in [0.15, 0.2) is 0 Å². The first-order valence-corrected chi connectivity index (χ1v) is 9.30. The van der Waals surface area contributed by atoms with Crippen LogP contribution in [-0.4, -0.2) is 45.8 Å². The number of aliphatic imine (C=N–C) groups is 2. The molecule has 172 valence electrons. The minimum absolute atomic E-state index is 0. The molecule has 2 rings (SSSR count). The molecular weight excluding hydrogens is 570 g/mol. The normalized spacial score (nSPS) is 10.8. The van der Waals surface area contributed by atoms with Crippen molar-refractivity contribution in [2.24, 2.45) is 20.2 Å². The van der Waals surface area contributed by atoms with Crippen LogP contribution in [0, 0.1) is 0 Å². The van der Waals surface area contributed by atoms with Gasteiger partial charge < -0.3 is 25.3 Å². The third-order valence-electron chi connectivity index (χ3n) is 2.69. The minimum atomic E-state index is 0. The van der Waals surface area contributed by atoms with Gasteiger partial charge in [-0.15, -0.1) is 24.8 Å². The van der Waals surface area contributed by atoms with Gasteiger partial charge >= 0.3 is 20.4 Å². The van der Waals surface area contributed by atoms with E-state index in [1.54, 1.807) is 24.8 Å². The van der Waals surface area contributed by atoms with Crippen LogP contribution < -0.4 is 10.9 Å². The Morgan fingerprint density at radius 3 is 1.48 bits per heavy atom. The summed E-state index contributed by atoms with van der Waals surface area (Å²) in [5.41, 5.74) is 6.81. The molecule has 0 amide bonds. The molecule has 2 heterocycles. The van der Waals surface area contributed by atoms with Crippen LogP contribution in [-0.2, 0) is 45.7 Å². The van der Waals surface area contributed by atoms with Gasteiger partial charge in [0.25, 0.3) is 0 Å². The topological polar surface area (TPSA) is 99.3 Å². The Morgan fingerprint density at radius 1 is 0.806 bits per heavy atom. The van der Waals surface area contributed by atoms with Crippen LogP contribution in [0.2, 0.25) is 0 Å². The first-order valence-electron chi connectivity index (χ1n) is 8.48. The third-order valence-corrected chi connectivity index (χ3v) is 3.13. The van der Waals surface area contributed by atoms with Crippen molar-refractivity contribution in [1.29, 1.82) is 0 Å². The second-order valence-corrected chi connectivity index (χ2v) is 5.58. The molecule has 0 unspecified atom stereocenters. The van der Waals surface area contributed by atoms with Gasteiger partial charge in [-0.1, -0.05) is 12.1 Å². The summed E-state index contributed by atoms with van der Waals surface area (Å²) in [4.78, 5) is 16.0. The summed E-state index contributed by atoms with van der Waals surface area (Å²) in [6, 6.07) is 11.2. The van der Waals surface area contributed by atoms with Crippen LogP contribution in [0.1, 0.15) is 25.2 Å². The molecule has 0 saturated heterocycles. The van der Waals surface area contributed by atoms with E-state index < -0.39 is 0 Å². The Morgan fingerprint density at radius 2 is 1.19 bits per heavy atom. The van der Waals surface area contributed by atoms with Gasteiger partial charge in [0.2, 0.25) is 0 Å². The van der Waals surface area contributed by atoms with E-state index in [2.05, 4.69) is 41.0 Å². The average Bonchev–Trinajstić information content (AvgIpc) is 2.71. The smallest absolute Gasteiger partial charge is 0.741 e. The summed E-state index contributed by atoms with van der Waals surface area (Å²) in [5, 5.41) is 8.55. The van der Waals surface area contributed by atoms with Crippen molar-refractivity contribution < 1.29 is 20.4 Å². The number of hydrogen-bond acceptors (Lipinski definition) is 8. The Balaban J connectivity index is -0.000000461. The first-order chi connectivity index (χ1) is 13.7. The summed E-state index contributed by atoms with van der Waals surface area (Å²) in [5.74, 6) is 0. The van der Waals surface area contributed by atoms with Gasteiger partial charge in [0, 0.05) is 25.5 Å². The van der Waals surface area contributed by atoms with Gasteiger partial charge in [-0.25, -0.2) is 0 Å². The molecule has 0 atom stereocenters. The van der Waals surface area contributed by atoms with Crippen LogP contribution in [0.15, 0.2) is 69.0 Å². The number of nitrogens with one attached hydrogen (secondary N) is 2. The maximum absolute atomic E-state index is 4.86. The number of amidine groups is 2. The predicted molar refractivity (Wildman–Crippen MR) is 135 cm³/mol. The zero-order valence-corrected chi connectivity index (χ0v) is 21.6. The number of rotatable bonds is 6. The summed E-state index contributed by atoms with van der Waals surface area (Å²) >= 11 is 9.71. The maximum Gasteiger partial charge on any atom is 2.00 e. The molecule has 31 heavy (non-hydrogen) atoms. The molecule has 13 heteroatoms. The molecule has 8 nitrogen and oxygen atoms in total. The zero-order chi connectivity index (χ0) is 20.5. The molecule has 2 aromatic heterocycles. The molecule has 2 aromatic rings. The summed E-state index contributed by atoms with van der Waals surface area (Å²) in [6.07, 6.45) is 6.60. The molecule has 2 N–H and O–H groups in total. The third kappa shape index (κ3) is 18.7. The van der Waals surface area contributed by atoms with Crippen molar-refractivity contribution in [1.82, 2.24) is 20.8 Å². The molecule has 0 fully saturated rings. The van der Waals surface area contributed by atoms with Gasteiger partial charge in [-0.05, 0) is 48.4 Å². The van der Waals surface area contributed by atoms with Crippen molar-refractivity contribution in [3.05, 3.63) is 60.2 Å². The van der Waals surface area contributed by atoms with E-state index >= 15 is 0 Å². The molecule has 0 aromatic carbocycles. The van der Waals surface area contributed by atoms with Crippen molar-refractivity contribution in [3.8, 4) is 0 Å². The van der Waals surface area contributed by atoms with Gasteiger partial charge in [-0.3, -0.25) is 30.8 Å². The minimum Gasteiger partial charge on any atom is -0.741 e. The standard InChI is InChI=1S/2C9H12N4S.2ClH.Pd/c2*1-2-10-9(14)13-12-7-8-5-3-4-6-11-8;;;/h2*3-7H,2H2,1H3,(H2,10,13,14);2*1H;/q;;;;+2/p-2/b2*12-7+;;;. The number of nitrogens with zero attached hydrogens (tertiary/aromatic N) is 6. The van der Waals surface area contributed by atoms with Crippen LogP contribution in [0.3, 0.4) is 0 Å². The van der Waals surface area contributed by atoms with Crippen molar-refractivity contribution >= 4 is 72.8 Å². The molecular formula is C18H24Cl2N8PdS2. The fourth-order valence-electron chi connectivity index (χ4n) is 1.57. The number of halogens is 2. The van der Waals surface area contributed by atoms with Gasteiger partial charge in [-0.2, -0.15) is 10.2 Å². The van der Waals surface area contributed by atoms with Crippen molar-refractivity contribution in [2.75, 3.05) is 13.1 Å². The van der Waals surface area contributed by atoms with Crippen LogP contribution >= 0.6 is 24.8 Å². The van der Waals surface area contributed by atoms with E-state index in [9.17, 15) is 0 Å². The first kappa shape index (κ1) is 33.9. The van der Waals surface area contributed by atoms with Crippen molar-refractivity contribution in [3.63, 3.8) is 0 Å². The molecule has 0 aliphatic carbocycles. The number of pyridine rings is 2. The maximum atomic E-state index is 4.86. The van der Waals surface area contributed by atoms with E-state index in [4.69, 9.17) is 25.3 Å². The van der Waals surface area contributed by atoms with Crippen molar-refractivity contribution in [2.45, 2.75) is 13.8 Å². The summed E-state index contributed by atoms with van der Waals surface area (Å²) in [6.45, 7) is 5.14. The second kappa shape index (κ2) is 22.9. The zero-order valence-electron chi connectivity index (χ0n) is 16.8. The predicted octanol–water partition coefficient (Wildman–Crippen LogP) is 2.70.